The van der Waals surface area contributed by atoms with E-state index in [2.05, 4.69) is 4.98 Å². The summed E-state index contributed by atoms with van der Waals surface area (Å²) in [6, 6.07) is 5.36. The average molecular weight is 301 g/mol. The van der Waals surface area contributed by atoms with Gasteiger partial charge in [0.15, 0.2) is 0 Å². The van der Waals surface area contributed by atoms with Crippen LogP contribution in [0.3, 0.4) is 0 Å². The van der Waals surface area contributed by atoms with E-state index in [0.29, 0.717) is 37.8 Å². The topological polar surface area (TPSA) is 53.5 Å². The zero-order chi connectivity index (χ0) is 15.4. The summed E-state index contributed by atoms with van der Waals surface area (Å²) in [6.45, 7) is 2.50. The van der Waals surface area contributed by atoms with Crippen molar-refractivity contribution < 1.29 is 9.59 Å². The average Bonchev–Trinajstić information content (AvgIpc) is 2.62. The number of rotatable bonds is 2. The van der Waals surface area contributed by atoms with Gasteiger partial charge in [0.25, 0.3) is 5.91 Å². The Morgan fingerprint density at radius 1 is 0.955 bits per heavy atom. The predicted octanol–water partition coefficient (Wildman–Crippen LogP) is 1.95. The molecule has 1 aromatic rings. The van der Waals surface area contributed by atoms with Gasteiger partial charge in [-0.1, -0.05) is 25.3 Å². The van der Waals surface area contributed by atoms with E-state index in [9.17, 15) is 9.59 Å². The van der Waals surface area contributed by atoms with E-state index in [4.69, 9.17) is 0 Å². The van der Waals surface area contributed by atoms with Gasteiger partial charge in [-0.25, -0.2) is 0 Å². The molecule has 0 radical (unpaired) electrons. The summed E-state index contributed by atoms with van der Waals surface area (Å²) in [5.74, 6) is 0.474. The molecule has 0 bridgehead atoms. The minimum absolute atomic E-state index is 0.0367. The molecule has 2 fully saturated rings. The van der Waals surface area contributed by atoms with Crippen LogP contribution < -0.4 is 0 Å². The number of piperazine rings is 1. The molecule has 1 aromatic heterocycles. The van der Waals surface area contributed by atoms with Crippen molar-refractivity contribution in [2.24, 2.45) is 5.92 Å². The van der Waals surface area contributed by atoms with Crippen LogP contribution in [0.25, 0.3) is 0 Å². The van der Waals surface area contributed by atoms with Crippen molar-refractivity contribution in [3.63, 3.8) is 0 Å². The Balaban J connectivity index is 1.54. The standard InChI is InChI=1S/C17H23N3O2/c21-16(14-6-2-1-3-7-14)19-10-12-20(13-11-19)17(22)15-8-4-5-9-18-15/h4-5,8-9,14H,1-3,6-7,10-13H2. The molecule has 1 aliphatic carbocycles. The van der Waals surface area contributed by atoms with Gasteiger partial charge < -0.3 is 9.80 Å². The number of pyridine rings is 1. The molecule has 0 unspecified atom stereocenters. The third kappa shape index (κ3) is 3.29. The van der Waals surface area contributed by atoms with E-state index >= 15 is 0 Å². The second-order valence-electron chi connectivity index (χ2n) is 6.17. The number of carbonyl (C=O) groups excluding carboxylic acids is 2. The Bertz CT molecular complexity index is 518. The lowest BCUT2D eigenvalue weighted by molar-refractivity contribution is -0.138. The van der Waals surface area contributed by atoms with Crippen LogP contribution >= 0.6 is 0 Å². The zero-order valence-electron chi connectivity index (χ0n) is 12.9. The van der Waals surface area contributed by atoms with Crippen LogP contribution in [0.1, 0.15) is 42.6 Å². The Kier molecular flexibility index (Phi) is 4.71. The van der Waals surface area contributed by atoms with Crippen LogP contribution in [-0.4, -0.2) is 52.8 Å². The molecule has 2 amide bonds. The fourth-order valence-corrected chi connectivity index (χ4v) is 3.39. The Morgan fingerprint density at radius 2 is 1.64 bits per heavy atom. The minimum Gasteiger partial charge on any atom is -0.339 e. The molecule has 0 N–H and O–H groups in total. The lowest BCUT2D eigenvalue weighted by Gasteiger charge is -2.37. The van der Waals surface area contributed by atoms with Crippen LogP contribution in [0.5, 0.6) is 0 Å². The highest BCUT2D eigenvalue weighted by Gasteiger charge is 2.30. The summed E-state index contributed by atoms with van der Waals surface area (Å²) >= 11 is 0. The summed E-state index contributed by atoms with van der Waals surface area (Å²) in [4.78, 5) is 32.7. The van der Waals surface area contributed by atoms with Gasteiger partial charge in [-0.2, -0.15) is 0 Å². The molecule has 5 nitrogen and oxygen atoms in total. The minimum atomic E-state index is -0.0367. The van der Waals surface area contributed by atoms with Gasteiger partial charge in [0.2, 0.25) is 5.91 Å². The van der Waals surface area contributed by atoms with Crippen molar-refractivity contribution >= 4 is 11.8 Å². The fourth-order valence-electron chi connectivity index (χ4n) is 3.39. The van der Waals surface area contributed by atoms with Crippen molar-refractivity contribution in [2.45, 2.75) is 32.1 Å². The molecule has 2 aliphatic rings. The van der Waals surface area contributed by atoms with Gasteiger partial charge in [-0.05, 0) is 25.0 Å². The van der Waals surface area contributed by atoms with Gasteiger partial charge in [-0.3, -0.25) is 14.6 Å². The number of nitrogens with zero attached hydrogens (tertiary/aromatic N) is 3. The highest BCUT2D eigenvalue weighted by molar-refractivity contribution is 5.92. The molecule has 2 heterocycles. The third-order valence-electron chi connectivity index (χ3n) is 4.72. The van der Waals surface area contributed by atoms with Crippen LogP contribution in [0.4, 0.5) is 0 Å². The maximum atomic E-state index is 12.5. The second-order valence-corrected chi connectivity index (χ2v) is 6.17. The molecule has 3 rings (SSSR count). The predicted molar refractivity (Wildman–Crippen MR) is 83.3 cm³/mol. The Hall–Kier alpha value is -1.91. The van der Waals surface area contributed by atoms with Crippen LogP contribution in [0.2, 0.25) is 0 Å². The lowest BCUT2D eigenvalue weighted by atomic mass is 9.88. The highest BCUT2D eigenvalue weighted by atomic mass is 16.2. The molecule has 5 heteroatoms. The summed E-state index contributed by atoms with van der Waals surface area (Å²) in [7, 11) is 0. The maximum absolute atomic E-state index is 12.5. The van der Waals surface area contributed by atoms with E-state index in [1.807, 2.05) is 11.0 Å². The second kappa shape index (κ2) is 6.90. The van der Waals surface area contributed by atoms with Gasteiger partial charge in [0.1, 0.15) is 5.69 Å². The number of amides is 2. The first kappa shape index (κ1) is 15.0. The molecule has 0 atom stereocenters. The van der Waals surface area contributed by atoms with Crippen molar-refractivity contribution in [2.75, 3.05) is 26.2 Å². The number of hydrogen-bond donors (Lipinski definition) is 0. The number of carbonyl (C=O) groups is 2. The third-order valence-corrected chi connectivity index (χ3v) is 4.72. The molecule has 22 heavy (non-hydrogen) atoms. The van der Waals surface area contributed by atoms with Gasteiger partial charge in [0, 0.05) is 38.3 Å². The van der Waals surface area contributed by atoms with E-state index in [1.165, 1.54) is 19.3 Å². The van der Waals surface area contributed by atoms with Crippen molar-refractivity contribution in [3.05, 3.63) is 30.1 Å². The van der Waals surface area contributed by atoms with Crippen molar-refractivity contribution in [3.8, 4) is 0 Å². The molecule has 1 aliphatic heterocycles. The quantitative estimate of drug-likeness (QED) is 0.839. The molecule has 0 spiro atoms. The molecular formula is C17H23N3O2. The van der Waals surface area contributed by atoms with E-state index in [1.54, 1.807) is 23.2 Å². The summed E-state index contributed by atoms with van der Waals surface area (Å²) in [5.41, 5.74) is 0.481. The zero-order valence-corrected chi connectivity index (χ0v) is 12.9. The molecule has 1 saturated heterocycles. The van der Waals surface area contributed by atoms with Crippen molar-refractivity contribution in [1.29, 1.82) is 0 Å². The Labute approximate surface area is 131 Å². The highest BCUT2D eigenvalue weighted by Crippen LogP contribution is 2.25. The fraction of sp³-hybridized carbons (Fsp3) is 0.588. The van der Waals surface area contributed by atoms with Crippen LogP contribution in [0, 0.1) is 5.92 Å². The summed E-state index contributed by atoms with van der Waals surface area (Å²) < 4.78 is 0. The summed E-state index contributed by atoms with van der Waals surface area (Å²) in [6.07, 6.45) is 7.31. The maximum Gasteiger partial charge on any atom is 0.272 e. The van der Waals surface area contributed by atoms with Gasteiger partial charge >= 0.3 is 0 Å². The number of aromatic nitrogens is 1. The first-order valence-corrected chi connectivity index (χ1v) is 8.25. The summed E-state index contributed by atoms with van der Waals surface area (Å²) in [5, 5.41) is 0. The van der Waals surface area contributed by atoms with Gasteiger partial charge in [0.05, 0.1) is 0 Å². The molecule has 118 valence electrons. The molecular weight excluding hydrogens is 278 g/mol. The van der Waals surface area contributed by atoms with E-state index < -0.39 is 0 Å². The molecule has 0 aromatic carbocycles. The number of hydrogen-bond acceptors (Lipinski definition) is 3. The first-order chi connectivity index (χ1) is 10.8. The van der Waals surface area contributed by atoms with E-state index in [-0.39, 0.29) is 11.8 Å². The van der Waals surface area contributed by atoms with Crippen LogP contribution in [-0.2, 0) is 4.79 Å². The smallest absolute Gasteiger partial charge is 0.272 e. The van der Waals surface area contributed by atoms with Crippen LogP contribution in [0.15, 0.2) is 24.4 Å². The largest absolute Gasteiger partial charge is 0.339 e. The van der Waals surface area contributed by atoms with Crippen molar-refractivity contribution in [1.82, 2.24) is 14.8 Å². The lowest BCUT2D eigenvalue weighted by Crippen LogP contribution is -2.52. The monoisotopic (exact) mass is 301 g/mol. The van der Waals surface area contributed by atoms with E-state index in [0.717, 1.165) is 12.8 Å². The normalized spacial score (nSPS) is 20.0. The Morgan fingerprint density at radius 3 is 2.27 bits per heavy atom. The SMILES string of the molecule is O=C(c1ccccn1)N1CCN(C(=O)C2CCCCC2)CC1. The first-order valence-electron chi connectivity index (χ1n) is 8.25. The van der Waals surface area contributed by atoms with Gasteiger partial charge in [-0.15, -0.1) is 0 Å². The molecule has 1 saturated carbocycles.